The van der Waals surface area contributed by atoms with Gasteiger partial charge in [0.1, 0.15) is 0 Å². The van der Waals surface area contributed by atoms with Gasteiger partial charge in [0.05, 0.1) is 24.9 Å². The second-order valence-electron chi connectivity index (χ2n) is 6.37. The third-order valence-electron chi connectivity index (χ3n) is 4.62. The molecule has 2 aromatic heterocycles. The Morgan fingerprint density at radius 3 is 3.12 bits per heavy atom. The number of nitrogens with one attached hydrogen (secondary N) is 2. The summed E-state index contributed by atoms with van der Waals surface area (Å²) in [4.78, 5) is 20.6. The van der Waals surface area contributed by atoms with E-state index in [2.05, 4.69) is 32.0 Å². The maximum Gasteiger partial charge on any atom is 0.321 e. The molecule has 1 atom stereocenters. The van der Waals surface area contributed by atoms with Crippen molar-refractivity contribution < 1.29 is 9.53 Å². The number of urea groups is 1. The molecular formula is C17H22N4O2S2. The number of carbonyl (C=O) groups is 1. The number of hydrogen-bond donors (Lipinski definition) is 2. The van der Waals surface area contributed by atoms with E-state index in [4.69, 9.17) is 4.74 Å². The van der Waals surface area contributed by atoms with Gasteiger partial charge in [0.2, 0.25) is 0 Å². The van der Waals surface area contributed by atoms with Crippen LogP contribution < -0.4 is 10.6 Å². The number of hydrogen-bond acceptors (Lipinski definition) is 6. The molecule has 0 aromatic carbocycles. The average molecular weight is 379 g/mol. The van der Waals surface area contributed by atoms with Crippen LogP contribution >= 0.6 is 22.7 Å². The van der Waals surface area contributed by atoms with Gasteiger partial charge in [-0.15, -0.1) is 22.7 Å². The molecule has 0 radical (unpaired) electrons. The molecule has 4 rings (SSSR count). The van der Waals surface area contributed by atoms with Crippen LogP contribution in [0, 0.1) is 0 Å². The predicted octanol–water partition coefficient (Wildman–Crippen LogP) is 3.24. The maximum atomic E-state index is 12.3. The first-order valence-electron chi connectivity index (χ1n) is 8.66. The lowest BCUT2D eigenvalue weighted by Gasteiger charge is -2.25. The summed E-state index contributed by atoms with van der Waals surface area (Å²) in [7, 11) is 0. The normalized spacial score (nSPS) is 20.9. The SMILES string of the molecule is O=C(Nc1nc(CN2CCOCC2)cs1)N[C@@H]1CCCc2sccc21. The Hall–Kier alpha value is -1.48. The van der Waals surface area contributed by atoms with Crippen molar-refractivity contribution in [1.82, 2.24) is 15.2 Å². The summed E-state index contributed by atoms with van der Waals surface area (Å²) >= 11 is 3.26. The number of aryl methyl sites for hydroxylation is 1. The fourth-order valence-corrected chi connectivity index (χ4v) is 5.04. The minimum Gasteiger partial charge on any atom is -0.379 e. The molecule has 1 aliphatic heterocycles. The second kappa shape index (κ2) is 7.82. The molecule has 1 fully saturated rings. The fraction of sp³-hybridized carbons (Fsp3) is 0.529. The Labute approximate surface area is 155 Å². The van der Waals surface area contributed by atoms with Gasteiger partial charge < -0.3 is 10.1 Å². The molecule has 2 amide bonds. The molecule has 2 N–H and O–H groups in total. The van der Waals surface area contributed by atoms with Crippen molar-refractivity contribution in [2.45, 2.75) is 31.8 Å². The number of thiophene rings is 1. The van der Waals surface area contributed by atoms with Gasteiger partial charge in [0, 0.05) is 29.9 Å². The molecule has 3 heterocycles. The zero-order valence-corrected chi connectivity index (χ0v) is 15.6. The third kappa shape index (κ3) is 4.20. The minimum atomic E-state index is -0.170. The first kappa shape index (κ1) is 17.0. The number of amides is 2. The van der Waals surface area contributed by atoms with Gasteiger partial charge in [0.15, 0.2) is 5.13 Å². The van der Waals surface area contributed by atoms with Gasteiger partial charge in [-0.05, 0) is 36.3 Å². The number of fused-ring (bicyclic) bond motifs is 1. The summed E-state index contributed by atoms with van der Waals surface area (Å²) in [6.45, 7) is 4.24. The molecule has 1 aliphatic carbocycles. The smallest absolute Gasteiger partial charge is 0.321 e. The van der Waals surface area contributed by atoms with E-state index in [0.717, 1.165) is 57.8 Å². The zero-order valence-electron chi connectivity index (χ0n) is 14.0. The standard InChI is InChI=1S/C17H22N4O2S2/c22-16(19-14-2-1-3-15-13(14)4-9-24-15)20-17-18-12(11-25-17)10-21-5-7-23-8-6-21/h4,9,11,14H,1-3,5-8,10H2,(H2,18,19,20,22)/t14-/m1/s1. The Bertz CT molecular complexity index is 724. The number of rotatable bonds is 4. The molecule has 0 unspecified atom stereocenters. The molecule has 2 aromatic rings. The molecular weight excluding hydrogens is 356 g/mol. The van der Waals surface area contributed by atoms with Gasteiger partial charge in [-0.1, -0.05) is 0 Å². The van der Waals surface area contributed by atoms with E-state index in [1.54, 1.807) is 11.3 Å². The molecule has 0 saturated carbocycles. The highest BCUT2D eigenvalue weighted by Crippen LogP contribution is 2.33. The van der Waals surface area contributed by atoms with Crippen LogP contribution in [0.15, 0.2) is 16.8 Å². The topological polar surface area (TPSA) is 66.5 Å². The molecule has 0 spiro atoms. The van der Waals surface area contributed by atoms with Crippen molar-refractivity contribution in [3.8, 4) is 0 Å². The molecule has 134 valence electrons. The lowest BCUT2D eigenvalue weighted by molar-refractivity contribution is 0.0337. The first-order valence-corrected chi connectivity index (χ1v) is 10.4. The van der Waals surface area contributed by atoms with E-state index in [9.17, 15) is 4.79 Å². The van der Waals surface area contributed by atoms with Gasteiger partial charge in [-0.25, -0.2) is 9.78 Å². The lowest BCUT2D eigenvalue weighted by Crippen LogP contribution is -2.35. The number of ether oxygens (including phenoxy) is 1. The predicted molar refractivity (Wildman–Crippen MR) is 100 cm³/mol. The van der Waals surface area contributed by atoms with Crippen LogP contribution in [0.1, 0.15) is 35.0 Å². The first-order chi connectivity index (χ1) is 12.3. The highest BCUT2D eigenvalue weighted by atomic mass is 32.1. The monoisotopic (exact) mass is 378 g/mol. The van der Waals surface area contributed by atoms with Crippen LogP contribution in [0.2, 0.25) is 0 Å². The highest BCUT2D eigenvalue weighted by Gasteiger charge is 2.23. The summed E-state index contributed by atoms with van der Waals surface area (Å²) in [6, 6.07) is 2.08. The summed E-state index contributed by atoms with van der Waals surface area (Å²) in [5.41, 5.74) is 2.28. The van der Waals surface area contributed by atoms with Crippen LogP contribution in [-0.2, 0) is 17.7 Å². The average Bonchev–Trinajstić information content (AvgIpc) is 3.26. The van der Waals surface area contributed by atoms with Crippen molar-refractivity contribution in [3.05, 3.63) is 33.0 Å². The van der Waals surface area contributed by atoms with Crippen molar-refractivity contribution in [2.24, 2.45) is 0 Å². The van der Waals surface area contributed by atoms with Crippen LogP contribution in [-0.4, -0.2) is 42.2 Å². The fourth-order valence-electron chi connectivity index (χ4n) is 3.35. The molecule has 1 saturated heterocycles. The Morgan fingerprint density at radius 2 is 2.24 bits per heavy atom. The number of thiazole rings is 1. The van der Waals surface area contributed by atoms with Crippen molar-refractivity contribution in [1.29, 1.82) is 0 Å². The zero-order chi connectivity index (χ0) is 17.1. The van der Waals surface area contributed by atoms with Crippen molar-refractivity contribution in [2.75, 3.05) is 31.6 Å². The number of nitrogens with zero attached hydrogens (tertiary/aromatic N) is 2. The van der Waals surface area contributed by atoms with Gasteiger partial charge in [-0.2, -0.15) is 0 Å². The summed E-state index contributed by atoms with van der Waals surface area (Å²) in [5.74, 6) is 0. The Balaban J connectivity index is 1.31. The molecule has 25 heavy (non-hydrogen) atoms. The van der Waals surface area contributed by atoms with Crippen molar-refractivity contribution >= 4 is 33.8 Å². The highest BCUT2D eigenvalue weighted by molar-refractivity contribution is 7.13. The van der Waals surface area contributed by atoms with E-state index in [1.165, 1.54) is 21.8 Å². The molecule has 0 bridgehead atoms. The summed E-state index contributed by atoms with van der Waals surface area (Å²) < 4.78 is 5.36. The summed E-state index contributed by atoms with van der Waals surface area (Å²) in [6.07, 6.45) is 3.25. The Kier molecular flexibility index (Phi) is 5.30. The van der Waals surface area contributed by atoms with Crippen LogP contribution in [0.25, 0.3) is 0 Å². The number of carbonyl (C=O) groups excluding carboxylic acids is 1. The van der Waals surface area contributed by atoms with E-state index in [-0.39, 0.29) is 12.1 Å². The number of anilines is 1. The van der Waals surface area contributed by atoms with Gasteiger partial charge >= 0.3 is 6.03 Å². The van der Waals surface area contributed by atoms with Crippen LogP contribution in [0.4, 0.5) is 9.93 Å². The Morgan fingerprint density at radius 1 is 1.36 bits per heavy atom. The van der Waals surface area contributed by atoms with Crippen molar-refractivity contribution in [3.63, 3.8) is 0 Å². The van der Waals surface area contributed by atoms with E-state index in [0.29, 0.717) is 5.13 Å². The summed E-state index contributed by atoms with van der Waals surface area (Å²) in [5, 5.41) is 10.8. The van der Waals surface area contributed by atoms with E-state index in [1.807, 2.05) is 5.38 Å². The van der Waals surface area contributed by atoms with Gasteiger partial charge in [-0.3, -0.25) is 10.2 Å². The molecule has 6 nitrogen and oxygen atoms in total. The van der Waals surface area contributed by atoms with E-state index < -0.39 is 0 Å². The molecule has 8 heteroatoms. The van der Waals surface area contributed by atoms with E-state index >= 15 is 0 Å². The quantitative estimate of drug-likeness (QED) is 0.857. The second-order valence-corrected chi connectivity index (χ2v) is 8.23. The largest absolute Gasteiger partial charge is 0.379 e. The number of aromatic nitrogens is 1. The third-order valence-corrected chi connectivity index (χ3v) is 6.42. The van der Waals surface area contributed by atoms with Crippen LogP contribution in [0.5, 0.6) is 0 Å². The minimum absolute atomic E-state index is 0.114. The van der Waals surface area contributed by atoms with Gasteiger partial charge in [0.25, 0.3) is 0 Å². The van der Waals surface area contributed by atoms with Crippen LogP contribution in [0.3, 0.4) is 0 Å². The lowest BCUT2D eigenvalue weighted by atomic mass is 9.94. The number of morpholine rings is 1. The maximum absolute atomic E-state index is 12.3. The molecule has 2 aliphatic rings.